The molecule has 2 aromatic rings. The van der Waals surface area contributed by atoms with Crippen LogP contribution in [0.3, 0.4) is 0 Å². The normalized spacial score (nSPS) is 11.5. The summed E-state index contributed by atoms with van der Waals surface area (Å²) in [7, 11) is 4.70. The first-order valence-corrected chi connectivity index (χ1v) is 8.75. The van der Waals surface area contributed by atoms with E-state index in [4.69, 9.17) is 14.2 Å². The van der Waals surface area contributed by atoms with Crippen LogP contribution in [0.5, 0.6) is 17.2 Å². The first-order valence-electron chi connectivity index (χ1n) is 7.87. The second-order valence-corrected chi connectivity index (χ2v) is 6.74. The molecule has 0 saturated heterocycles. The Hall–Kier alpha value is -2.34. The highest BCUT2D eigenvalue weighted by atomic mass is 32.2. The van der Waals surface area contributed by atoms with E-state index in [9.17, 15) is 4.79 Å². The maximum Gasteiger partial charge on any atom is 0.233 e. The van der Waals surface area contributed by atoms with Gasteiger partial charge >= 0.3 is 0 Å². The molecule has 134 valence electrons. The van der Waals surface area contributed by atoms with E-state index in [-0.39, 0.29) is 11.2 Å². The van der Waals surface area contributed by atoms with Gasteiger partial charge in [-0.15, -0.1) is 11.8 Å². The SMILES string of the molecule is COc1cc(CNC(=O)[C@H](C)Sc2ccccc2)cc(OC)c1OC. The Labute approximate surface area is 152 Å². The minimum Gasteiger partial charge on any atom is -0.493 e. The van der Waals surface area contributed by atoms with Gasteiger partial charge in [0.2, 0.25) is 11.7 Å². The van der Waals surface area contributed by atoms with Gasteiger partial charge in [0.05, 0.1) is 26.6 Å². The Kier molecular flexibility index (Phi) is 7.01. The van der Waals surface area contributed by atoms with Gasteiger partial charge < -0.3 is 19.5 Å². The van der Waals surface area contributed by atoms with Crippen LogP contribution in [0.4, 0.5) is 0 Å². The summed E-state index contributed by atoms with van der Waals surface area (Å²) in [5.41, 5.74) is 0.875. The Balaban J connectivity index is 2.01. The standard InChI is InChI=1S/C19H23NO4S/c1-13(25-15-8-6-5-7-9-15)19(21)20-12-14-10-16(22-2)18(24-4)17(11-14)23-3/h5-11,13H,12H2,1-4H3,(H,20,21)/t13-/m0/s1. The number of thioether (sulfide) groups is 1. The maximum atomic E-state index is 12.3. The summed E-state index contributed by atoms with van der Waals surface area (Å²) in [6.07, 6.45) is 0. The number of hydrogen-bond donors (Lipinski definition) is 1. The zero-order valence-corrected chi connectivity index (χ0v) is 15.7. The van der Waals surface area contributed by atoms with Crippen LogP contribution < -0.4 is 19.5 Å². The Morgan fingerprint density at radius 2 is 1.64 bits per heavy atom. The molecule has 0 spiro atoms. The van der Waals surface area contributed by atoms with Gasteiger partial charge in [-0.25, -0.2) is 0 Å². The molecule has 1 N–H and O–H groups in total. The molecule has 0 aliphatic rings. The van der Waals surface area contributed by atoms with Crippen molar-refractivity contribution in [2.45, 2.75) is 23.6 Å². The second kappa shape index (κ2) is 9.22. The number of ether oxygens (including phenoxy) is 3. The van der Waals surface area contributed by atoms with Gasteiger partial charge in [0, 0.05) is 11.4 Å². The van der Waals surface area contributed by atoms with Crippen molar-refractivity contribution in [3.63, 3.8) is 0 Å². The van der Waals surface area contributed by atoms with Crippen LogP contribution in [0.1, 0.15) is 12.5 Å². The predicted octanol–water partition coefficient (Wildman–Crippen LogP) is 3.51. The van der Waals surface area contributed by atoms with E-state index in [0.717, 1.165) is 10.5 Å². The minimum atomic E-state index is -0.190. The molecule has 0 aliphatic carbocycles. The van der Waals surface area contributed by atoms with E-state index in [2.05, 4.69) is 5.32 Å². The van der Waals surface area contributed by atoms with E-state index in [1.54, 1.807) is 21.3 Å². The van der Waals surface area contributed by atoms with Crippen LogP contribution >= 0.6 is 11.8 Å². The molecule has 6 heteroatoms. The highest BCUT2D eigenvalue weighted by Crippen LogP contribution is 2.38. The lowest BCUT2D eigenvalue weighted by Gasteiger charge is -2.15. The summed E-state index contributed by atoms with van der Waals surface area (Å²) < 4.78 is 16.0. The monoisotopic (exact) mass is 361 g/mol. The van der Waals surface area contributed by atoms with E-state index in [1.165, 1.54) is 11.8 Å². The Morgan fingerprint density at radius 1 is 1.04 bits per heavy atom. The molecular formula is C19H23NO4S. The molecule has 0 heterocycles. The topological polar surface area (TPSA) is 56.8 Å². The fraction of sp³-hybridized carbons (Fsp3) is 0.316. The summed E-state index contributed by atoms with van der Waals surface area (Å²) in [5, 5.41) is 2.76. The third-order valence-corrected chi connectivity index (χ3v) is 4.73. The fourth-order valence-corrected chi connectivity index (χ4v) is 3.24. The molecule has 1 amide bonds. The number of hydrogen-bond acceptors (Lipinski definition) is 5. The molecule has 0 aliphatic heterocycles. The highest BCUT2D eigenvalue weighted by Gasteiger charge is 2.16. The Bertz CT molecular complexity index is 681. The maximum absolute atomic E-state index is 12.3. The highest BCUT2D eigenvalue weighted by molar-refractivity contribution is 8.00. The predicted molar refractivity (Wildman–Crippen MR) is 99.7 cm³/mol. The molecule has 2 rings (SSSR count). The third kappa shape index (κ3) is 5.06. The molecule has 5 nitrogen and oxygen atoms in total. The number of benzene rings is 2. The summed E-state index contributed by atoms with van der Waals surface area (Å²) in [6.45, 7) is 2.28. The van der Waals surface area contributed by atoms with Crippen LogP contribution in [-0.4, -0.2) is 32.5 Å². The molecule has 25 heavy (non-hydrogen) atoms. The first kappa shape index (κ1) is 19.0. The average Bonchev–Trinajstić information content (AvgIpc) is 2.65. The zero-order valence-electron chi connectivity index (χ0n) is 14.9. The van der Waals surface area contributed by atoms with Crippen LogP contribution in [0.15, 0.2) is 47.4 Å². The lowest BCUT2D eigenvalue weighted by molar-refractivity contribution is -0.120. The van der Waals surface area contributed by atoms with Crippen LogP contribution in [0, 0.1) is 0 Å². The van der Waals surface area contributed by atoms with Crippen LogP contribution in [0.25, 0.3) is 0 Å². The van der Waals surface area contributed by atoms with Crippen molar-refractivity contribution in [2.75, 3.05) is 21.3 Å². The minimum absolute atomic E-state index is 0.0254. The molecule has 0 radical (unpaired) electrons. The van der Waals surface area contributed by atoms with Crippen molar-refractivity contribution in [3.8, 4) is 17.2 Å². The first-order chi connectivity index (χ1) is 12.1. The fourth-order valence-electron chi connectivity index (χ4n) is 2.33. The molecule has 0 fully saturated rings. The van der Waals surface area contributed by atoms with Gasteiger partial charge in [-0.3, -0.25) is 4.79 Å². The van der Waals surface area contributed by atoms with Gasteiger partial charge in [-0.05, 0) is 36.8 Å². The summed E-state index contributed by atoms with van der Waals surface area (Å²) in [5.74, 6) is 1.64. The van der Waals surface area contributed by atoms with Gasteiger partial charge in [-0.1, -0.05) is 18.2 Å². The van der Waals surface area contributed by atoms with Crippen molar-refractivity contribution in [1.29, 1.82) is 0 Å². The average molecular weight is 361 g/mol. The largest absolute Gasteiger partial charge is 0.493 e. The van der Waals surface area contributed by atoms with E-state index >= 15 is 0 Å². The molecule has 2 aromatic carbocycles. The van der Waals surface area contributed by atoms with Crippen LogP contribution in [0.2, 0.25) is 0 Å². The summed E-state index contributed by atoms with van der Waals surface area (Å²) in [6, 6.07) is 13.5. The molecule has 1 atom stereocenters. The molecule has 0 saturated carbocycles. The molecule has 0 unspecified atom stereocenters. The number of nitrogens with one attached hydrogen (secondary N) is 1. The van der Waals surface area contributed by atoms with E-state index in [0.29, 0.717) is 23.8 Å². The number of carbonyl (C=O) groups is 1. The number of methoxy groups -OCH3 is 3. The molecule has 0 aromatic heterocycles. The third-order valence-electron chi connectivity index (χ3n) is 3.62. The number of carbonyl (C=O) groups excluding carboxylic acids is 1. The number of amides is 1. The van der Waals surface area contributed by atoms with Crippen LogP contribution in [-0.2, 0) is 11.3 Å². The lowest BCUT2D eigenvalue weighted by atomic mass is 10.1. The zero-order chi connectivity index (χ0) is 18.2. The van der Waals surface area contributed by atoms with E-state index < -0.39 is 0 Å². The van der Waals surface area contributed by atoms with Crippen molar-refractivity contribution >= 4 is 17.7 Å². The van der Waals surface area contributed by atoms with Gasteiger partial charge in [0.25, 0.3) is 0 Å². The van der Waals surface area contributed by atoms with Crippen molar-refractivity contribution in [2.24, 2.45) is 0 Å². The summed E-state index contributed by atoms with van der Waals surface area (Å²) in [4.78, 5) is 13.4. The smallest absolute Gasteiger partial charge is 0.233 e. The van der Waals surface area contributed by atoms with Gasteiger partial charge in [0.15, 0.2) is 11.5 Å². The quantitative estimate of drug-likeness (QED) is 0.729. The second-order valence-electron chi connectivity index (χ2n) is 5.32. The summed E-state index contributed by atoms with van der Waals surface area (Å²) >= 11 is 1.53. The lowest BCUT2D eigenvalue weighted by Crippen LogP contribution is -2.30. The van der Waals surface area contributed by atoms with E-state index in [1.807, 2.05) is 49.4 Å². The van der Waals surface area contributed by atoms with Gasteiger partial charge in [-0.2, -0.15) is 0 Å². The number of rotatable bonds is 8. The van der Waals surface area contributed by atoms with Crippen molar-refractivity contribution < 1.29 is 19.0 Å². The van der Waals surface area contributed by atoms with Gasteiger partial charge in [0.1, 0.15) is 0 Å². The van der Waals surface area contributed by atoms with Crippen molar-refractivity contribution in [3.05, 3.63) is 48.0 Å². The molecular weight excluding hydrogens is 338 g/mol. The molecule has 0 bridgehead atoms. The Morgan fingerprint density at radius 3 is 2.16 bits per heavy atom. The van der Waals surface area contributed by atoms with Crippen molar-refractivity contribution in [1.82, 2.24) is 5.32 Å².